The van der Waals surface area contributed by atoms with E-state index in [1.54, 1.807) is 7.05 Å². The first-order chi connectivity index (χ1) is 12.2. The van der Waals surface area contributed by atoms with Gasteiger partial charge in [-0.2, -0.15) is 0 Å². The van der Waals surface area contributed by atoms with E-state index in [9.17, 15) is 5.11 Å². The van der Waals surface area contributed by atoms with E-state index in [0.717, 1.165) is 18.1 Å². The van der Waals surface area contributed by atoms with E-state index in [-0.39, 0.29) is 12.5 Å². The number of aliphatic hydroxyl groups is 1. The number of aliphatic hydroxyl groups excluding tert-OH is 1. The first-order valence-electron chi connectivity index (χ1n) is 8.55. The Bertz CT molecular complexity index is 634. The van der Waals surface area contributed by atoms with Gasteiger partial charge in [0.15, 0.2) is 5.96 Å². The van der Waals surface area contributed by atoms with Gasteiger partial charge in [0.05, 0.1) is 6.61 Å². The van der Waals surface area contributed by atoms with Crippen molar-refractivity contribution in [2.24, 2.45) is 4.99 Å². The van der Waals surface area contributed by atoms with Crippen LogP contribution in [-0.2, 0) is 0 Å². The molecule has 134 valence electrons. The van der Waals surface area contributed by atoms with Crippen LogP contribution < -0.4 is 10.6 Å². The largest absolute Gasteiger partial charge is 0.396 e. The molecule has 2 rings (SSSR count). The maximum atomic E-state index is 9.64. The molecule has 0 fully saturated rings. The molecule has 0 aromatic heterocycles. The molecule has 2 atom stereocenters. The summed E-state index contributed by atoms with van der Waals surface area (Å²) < 4.78 is 0. The van der Waals surface area contributed by atoms with Crippen molar-refractivity contribution in [2.75, 3.05) is 26.7 Å². The van der Waals surface area contributed by atoms with Crippen molar-refractivity contribution in [3.8, 4) is 0 Å². The molecule has 2 aromatic carbocycles. The number of nitrogens with one attached hydrogen (secondary N) is 2. The van der Waals surface area contributed by atoms with E-state index >= 15 is 0 Å². The van der Waals surface area contributed by atoms with Crippen LogP contribution in [0.15, 0.2) is 70.6 Å². The summed E-state index contributed by atoms with van der Waals surface area (Å²) in [7, 11) is 1.76. The van der Waals surface area contributed by atoms with E-state index < -0.39 is 0 Å². The second kappa shape index (κ2) is 10.8. The van der Waals surface area contributed by atoms with Crippen LogP contribution in [0.3, 0.4) is 0 Å². The minimum atomic E-state index is 0.0517. The molecule has 0 amide bonds. The van der Waals surface area contributed by atoms with Crippen molar-refractivity contribution < 1.29 is 5.11 Å². The number of rotatable bonds is 8. The van der Waals surface area contributed by atoms with Crippen LogP contribution in [0.5, 0.6) is 0 Å². The van der Waals surface area contributed by atoms with Gasteiger partial charge in [-0.25, -0.2) is 0 Å². The Labute approximate surface area is 154 Å². The lowest BCUT2D eigenvalue weighted by Crippen LogP contribution is -2.42. The monoisotopic (exact) mass is 357 g/mol. The minimum Gasteiger partial charge on any atom is -0.396 e. The standard InChI is InChI=1S/C20H27N3OS/c1-16(25-19-11-7-4-8-12-19)13-22-20(21-2)23-14-18(15-24)17-9-5-3-6-10-17/h3-12,16,18,24H,13-15H2,1-2H3,(H2,21,22,23). The van der Waals surface area contributed by atoms with Crippen molar-refractivity contribution >= 4 is 17.7 Å². The average Bonchev–Trinajstić information content (AvgIpc) is 2.66. The zero-order valence-corrected chi connectivity index (χ0v) is 15.7. The van der Waals surface area contributed by atoms with Crippen LogP contribution in [0, 0.1) is 0 Å². The van der Waals surface area contributed by atoms with Crippen molar-refractivity contribution in [2.45, 2.75) is 23.0 Å². The number of thioether (sulfide) groups is 1. The molecular formula is C20H27N3OS. The van der Waals surface area contributed by atoms with Crippen LogP contribution in [0.4, 0.5) is 0 Å². The van der Waals surface area contributed by atoms with Crippen molar-refractivity contribution in [1.29, 1.82) is 0 Å². The smallest absolute Gasteiger partial charge is 0.191 e. The third-order valence-corrected chi connectivity index (χ3v) is 4.98. The van der Waals surface area contributed by atoms with Crippen LogP contribution >= 0.6 is 11.8 Å². The van der Waals surface area contributed by atoms with E-state index in [1.165, 1.54) is 4.90 Å². The molecular weight excluding hydrogens is 330 g/mol. The summed E-state index contributed by atoms with van der Waals surface area (Å²) in [6, 6.07) is 20.4. The fraction of sp³-hybridized carbons (Fsp3) is 0.350. The lowest BCUT2D eigenvalue weighted by molar-refractivity contribution is 0.265. The average molecular weight is 358 g/mol. The van der Waals surface area contributed by atoms with Crippen LogP contribution in [0.1, 0.15) is 18.4 Å². The van der Waals surface area contributed by atoms with Gasteiger partial charge in [0.2, 0.25) is 0 Å². The van der Waals surface area contributed by atoms with Crippen molar-refractivity contribution in [3.63, 3.8) is 0 Å². The molecule has 0 bridgehead atoms. The molecule has 0 saturated heterocycles. The Morgan fingerprint density at radius 2 is 1.60 bits per heavy atom. The van der Waals surface area contributed by atoms with Gasteiger partial charge >= 0.3 is 0 Å². The van der Waals surface area contributed by atoms with Gasteiger partial charge in [-0.1, -0.05) is 55.5 Å². The molecule has 0 saturated carbocycles. The number of guanidine groups is 1. The zero-order chi connectivity index (χ0) is 17.9. The summed E-state index contributed by atoms with van der Waals surface area (Å²) in [5, 5.41) is 16.7. The fourth-order valence-electron chi connectivity index (χ4n) is 2.47. The number of aliphatic imine (C=N–C) groups is 1. The van der Waals surface area contributed by atoms with Gasteiger partial charge in [0.1, 0.15) is 0 Å². The molecule has 0 aliphatic rings. The summed E-state index contributed by atoms with van der Waals surface area (Å²) in [5.41, 5.74) is 1.13. The molecule has 25 heavy (non-hydrogen) atoms. The molecule has 0 radical (unpaired) electrons. The molecule has 2 unspecified atom stereocenters. The number of hydrogen-bond acceptors (Lipinski definition) is 3. The van der Waals surface area contributed by atoms with Gasteiger partial charge in [-0.3, -0.25) is 4.99 Å². The SMILES string of the molecule is CN=C(NCC(C)Sc1ccccc1)NCC(CO)c1ccccc1. The first-order valence-corrected chi connectivity index (χ1v) is 9.43. The second-order valence-electron chi connectivity index (χ2n) is 5.87. The predicted molar refractivity (Wildman–Crippen MR) is 107 cm³/mol. The molecule has 0 aliphatic heterocycles. The Balaban J connectivity index is 1.78. The van der Waals surface area contributed by atoms with Gasteiger partial charge in [0.25, 0.3) is 0 Å². The Morgan fingerprint density at radius 3 is 2.20 bits per heavy atom. The van der Waals surface area contributed by atoms with Gasteiger partial charge in [-0.05, 0) is 17.7 Å². The van der Waals surface area contributed by atoms with E-state index in [4.69, 9.17) is 0 Å². The van der Waals surface area contributed by atoms with Crippen LogP contribution in [0.25, 0.3) is 0 Å². The summed E-state index contributed by atoms with van der Waals surface area (Å²) in [6.45, 7) is 3.75. The van der Waals surface area contributed by atoms with Crippen LogP contribution in [-0.4, -0.2) is 43.1 Å². The first kappa shape index (κ1) is 19.3. The maximum Gasteiger partial charge on any atom is 0.191 e. The molecule has 2 aromatic rings. The van der Waals surface area contributed by atoms with Crippen molar-refractivity contribution in [1.82, 2.24) is 10.6 Å². The highest BCUT2D eigenvalue weighted by molar-refractivity contribution is 8.00. The molecule has 0 spiro atoms. The maximum absolute atomic E-state index is 9.64. The van der Waals surface area contributed by atoms with Gasteiger partial charge < -0.3 is 15.7 Å². The number of nitrogens with zero attached hydrogens (tertiary/aromatic N) is 1. The van der Waals surface area contributed by atoms with E-state index in [0.29, 0.717) is 11.8 Å². The molecule has 0 heterocycles. The third kappa shape index (κ3) is 6.80. The second-order valence-corrected chi connectivity index (χ2v) is 7.38. The highest BCUT2D eigenvalue weighted by atomic mass is 32.2. The lowest BCUT2D eigenvalue weighted by Gasteiger charge is -2.19. The van der Waals surface area contributed by atoms with E-state index in [2.05, 4.69) is 46.8 Å². The molecule has 0 aliphatic carbocycles. The lowest BCUT2D eigenvalue weighted by atomic mass is 10.0. The highest BCUT2D eigenvalue weighted by Gasteiger charge is 2.11. The molecule has 5 heteroatoms. The fourth-order valence-corrected chi connectivity index (χ4v) is 3.41. The summed E-state index contributed by atoms with van der Waals surface area (Å²) in [4.78, 5) is 5.54. The number of benzene rings is 2. The Morgan fingerprint density at radius 1 is 1.00 bits per heavy atom. The topological polar surface area (TPSA) is 56.7 Å². The summed E-state index contributed by atoms with van der Waals surface area (Å²) >= 11 is 1.84. The Hall–Kier alpha value is -1.98. The quantitative estimate of drug-likeness (QED) is 0.386. The van der Waals surface area contributed by atoms with Gasteiger partial charge in [-0.15, -0.1) is 11.8 Å². The Kier molecular flexibility index (Phi) is 8.35. The highest BCUT2D eigenvalue weighted by Crippen LogP contribution is 2.21. The van der Waals surface area contributed by atoms with Crippen molar-refractivity contribution in [3.05, 3.63) is 66.2 Å². The molecule has 3 N–H and O–H groups in total. The van der Waals surface area contributed by atoms with Gasteiger partial charge in [0, 0.05) is 36.2 Å². The normalized spacial score (nSPS) is 14.0. The van der Waals surface area contributed by atoms with E-state index in [1.807, 2.05) is 48.2 Å². The zero-order valence-electron chi connectivity index (χ0n) is 14.9. The van der Waals surface area contributed by atoms with Crippen LogP contribution in [0.2, 0.25) is 0 Å². The predicted octanol–water partition coefficient (Wildman–Crippen LogP) is 3.11. The summed E-state index contributed by atoms with van der Waals surface area (Å²) in [5.74, 6) is 0.811. The molecule has 4 nitrogen and oxygen atoms in total. The minimum absolute atomic E-state index is 0.0517. The third-order valence-electron chi connectivity index (χ3n) is 3.87. The summed E-state index contributed by atoms with van der Waals surface area (Å²) in [6.07, 6.45) is 0. The number of hydrogen-bond donors (Lipinski definition) is 3.